The van der Waals surface area contributed by atoms with Crippen LogP contribution in [0.25, 0.3) is 11.0 Å². The van der Waals surface area contributed by atoms with Crippen LogP contribution in [0, 0.1) is 0 Å². The third kappa shape index (κ3) is 1.67. The summed E-state index contributed by atoms with van der Waals surface area (Å²) < 4.78 is 5.68. The van der Waals surface area contributed by atoms with Gasteiger partial charge in [0.05, 0.1) is 5.56 Å². The van der Waals surface area contributed by atoms with Crippen molar-refractivity contribution in [3.8, 4) is 0 Å². The van der Waals surface area contributed by atoms with Crippen LogP contribution in [0.5, 0.6) is 0 Å². The number of carbonyl (C=O) groups excluding carboxylic acids is 1. The Hall–Kier alpha value is -1.57. The second-order valence-electron chi connectivity index (χ2n) is 3.70. The Morgan fingerprint density at radius 3 is 2.73 bits per heavy atom. The number of rotatable bonds is 3. The van der Waals surface area contributed by atoms with Crippen molar-refractivity contribution in [2.75, 3.05) is 0 Å². The molecule has 0 radical (unpaired) electrons. The quantitative estimate of drug-likeness (QED) is 0.712. The summed E-state index contributed by atoms with van der Waals surface area (Å²) in [6, 6.07) is 7.70. The van der Waals surface area contributed by atoms with E-state index in [0.717, 1.165) is 35.1 Å². The monoisotopic (exact) mass is 202 g/mol. The lowest BCUT2D eigenvalue weighted by molar-refractivity contribution is 0.101. The fourth-order valence-electron chi connectivity index (χ4n) is 1.89. The van der Waals surface area contributed by atoms with Crippen molar-refractivity contribution in [3.63, 3.8) is 0 Å². The van der Waals surface area contributed by atoms with Crippen LogP contribution in [0.15, 0.2) is 28.7 Å². The predicted octanol–water partition coefficient (Wildman–Crippen LogP) is 3.59. The van der Waals surface area contributed by atoms with Gasteiger partial charge in [-0.3, -0.25) is 4.79 Å². The topological polar surface area (TPSA) is 30.2 Å². The molecule has 0 N–H and O–H groups in total. The normalized spacial score (nSPS) is 10.8. The van der Waals surface area contributed by atoms with Crippen molar-refractivity contribution < 1.29 is 9.21 Å². The molecule has 0 aliphatic rings. The third-order valence-electron chi connectivity index (χ3n) is 2.50. The Labute approximate surface area is 88.9 Å². The summed E-state index contributed by atoms with van der Waals surface area (Å²) >= 11 is 0. The van der Waals surface area contributed by atoms with Crippen molar-refractivity contribution in [2.45, 2.75) is 26.7 Å². The van der Waals surface area contributed by atoms with Crippen molar-refractivity contribution >= 4 is 16.8 Å². The van der Waals surface area contributed by atoms with Crippen molar-refractivity contribution in [1.29, 1.82) is 0 Å². The van der Waals surface area contributed by atoms with Gasteiger partial charge < -0.3 is 4.42 Å². The number of Topliss-reactive ketones (excluding diaryl/α,β-unsaturated/α-hetero) is 1. The standard InChI is InChI=1S/C13H14O2/c1-3-6-12-13(9(2)14)10-7-4-5-8-11(10)15-12/h4-5,7-8H,3,6H2,1-2H3. The molecule has 0 saturated heterocycles. The Kier molecular flexibility index (Phi) is 2.58. The largest absolute Gasteiger partial charge is 0.460 e. The third-order valence-corrected chi connectivity index (χ3v) is 2.50. The summed E-state index contributed by atoms with van der Waals surface area (Å²) in [5.41, 5.74) is 1.57. The summed E-state index contributed by atoms with van der Waals surface area (Å²) in [5, 5.41) is 0.938. The number of hydrogen-bond donors (Lipinski definition) is 0. The van der Waals surface area contributed by atoms with Gasteiger partial charge in [-0.25, -0.2) is 0 Å². The molecule has 1 aromatic heterocycles. The lowest BCUT2D eigenvalue weighted by Crippen LogP contribution is -1.95. The molecule has 78 valence electrons. The highest BCUT2D eigenvalue weighted by molar-refractivity contribution is 6.07. The Balaban J connectivity index is 2.69. The molecule has 15 heavy (non-hydrogen) atoms. The predicted molar refractivity (Wildman–Crippen MR) is 60.2 cm³/mol. The lowest BCUT2D eigenvalue weighted by atomic mass is 10.1. The summed E-state index contributed by atoms with van der Waals surface area (Å²) in [4.78, 5) is 11.6. The molecular formula is C13H14O2. The molecule has 2 nitrogen and oxygen atoms in total. The zero-order valence-corrected chi connectivity index (χ0v) is 9.04. The van der Waals surface area contributed by atoms with Gasteiger partial charge in [-0.2, -0.15) is 0 Å². The number of aryl methyl sites for hydroxylation is 1. The first kappa shape index (κ1) is 9.97. The van der Waals surface area contributed by atoms with Crippen molar-refractivity contribution in [1.82, 2.24) is 0 Å². The van der Waals surface area contributed by atoms with Gasteiger partial charge in [-0.15, -0.1) is 0 Å². The zero-order valence-electron chi connectivity index (χ0n) is 9.04. The van der Waals surface area contributed by atoms with Crippen LogP contribution in [0.1, 0.15) is 36.4 Å². The van der Waals surface area contributed by atoms with Gasteiger partial charge in [-0.05, 0) is 19.4 Å². The maximum atomic E-state index is 11.6. The number of fused-ring (bicyclic) bond motifs is 1. The van der Waals surface area contributed by atoms with Crippen molar-refractivity contribution in [3.05, 3.63) is 35.6 Å². The van der Waals surface area contributed by atoms with E-state index in [-0.39, 0.29) is 5.78 Å². The molecule has 0 fully saturated rings. The minimum absolute atomic E-state index is 0.0865. The van der Waals surface area contributed by atoms with Crippen LogP contribution < -0.4 is 0 Å². The molecule has 2 heteroatoms. The molecule has 0 spiro atoms. The molecule has 0 bridgehead atoms. The van der Waals surface area contributed by atoms with Gasteiger partial charge in [0.2, 0.25) is 0 Å². The van der Waals surface area contributed by atoms with Gasteiger partial charge >= 0.3 is 0 Å². The van der Waals surface area contributed by atoms with E-state index in [9.17, 15) is 4.79 Å². The van der Waals surface area contributed by atoms with Crippen LogP contribution in [0.3, 0.4) is 0 Å². The number of ketones is 1. The molecule has 0 atom stereocenters. The average molecular weight is 202 g/mol. The van der Waals surface area contributed by atoms with Crippen molar-refractivity contribution in [2.24, 2.45) is 0 Å². The maximum absolute atomic E-state index is 11.6. The fraction of sp³-hybridized carbons (Fsp3) is 0.308. The van der Waals surface area contributed by atoms with Gasteiger partial charge in [0.25, 0.3) is 0 Å². The maximum Gasteiger partial charge on any atom is 0.163 e. The molecule has 0 saturated carbocycles. The highest BCUT2D eigenvalue weighted by Crippen LogP contribution is 2.27. The Morgan fingerprint density at radius 2 is 2.07 bits per heavy atom. The number of benzene rings is 1. The Bertz CT molecular complexity index is 494. The van der Waals surface area contributed by atoms with Gasteiger partial charge in [0.15, 0.2) is 5.78 Å². The highest BCUT2D eigenvalue weighted by atomic mass is 16.3. The molecule has 1 aromatic carbocycles. The van der Waals surface area contributed by atoms with Crippen LogP contribution in [-0.4, -0.2) is 5.78 Å². The summed E-state index contributed by atoms with van der Waals surface area (Å²) in [5.74, 6) is 0.912. The molecule has 2 aromatic rings. The Morgan fingerprint density at radius 1 is 1.33 bits per heavy atom. The van der Waals surface area contributed by atoms with E-state index in [1.54, 1.807) is 6.92 Å². The summed E-state index contributed by atoms with van der Waals surface area (Å²) in [6.45, 7) is 3.67. The first-order valence-corrected chi connectivity index (χ1v) is 5.25. The number of para-hydroxylation sites is 1. The lowest BCUT2D eigenvalue weighted by Gasteiger charge is -1.95. The summed E-state index contributed by atoms with van der Waals surface area (Å²) in [7, 11) is 0. The highest BCUT2D eigenvalue weighted by Gasteiger charge is 2.16. The van der Waals surface area contributed by atoms with Gasteiger partial charge in [0, 0.05) is 11.8 Å². The van der Waals surface area contributed by atoms with E-state index in [4.69, 9.17) is 4.42 Å². The second-order valence-corrected chi connectivity index (χ2v) is 3.70. The van der Waals surface area contributed by atoms with Crippen LogP contribution >= 0.6 is 0 Å². The summed E-state index contributed by atoms with van der Waals surface area (Å²) in [6.07, 6.45) is 1.81. The van der Waals surface area contributed by atoms with Gasteiger partial charge in [0.1, 0.15) is 11.3 Å². The second kappa shape index (κ2) is 3.89. The van der Waals surface area contributed by atoms with E-state index < -0.39 is 0 Å². The van der Waals surface area contributed by atoms with E-state index in [2.05, 4.69) is 6.92 Å². The van der Waals surface area contributed by atoms with E-state index in [0.29, 0.717) is 0 Å². The van der Waals surface area contributed by atoms with E-state index in [1.165, 1.54) is 0 Å². The fourth-order valence-corrected chi connectivity index (χ4v) is 1.89. The average Bonchev–Trinajstić information content (AvgIpc) is 2.56. The molecule has 1 heterocycles. The minimum atomic E-state index is 0.0865. The van der Waals surface area contributed by atoms with Crippen LogP contribution in [0.4, 0.5) is 0 Å². The number of hydrogen-bond acceptors (Lipinski definition) is 2. The number of furan rings is 1. The van der Waals surface area contributed by atoms with E-state index >= 15 is 0 Å². The smallest absolute Gasteiger partial charge is 0.163 e. The number of carbonyl (C=O) groups is 1. The zero-order chi connectivity index (χ0) is 10.8. The minimum Gasteiger partial charge on any atom is -0.460 e. The molecule has 0 amide bonds. The van der Waals surface area contributed by atoms with E-state index in [1.807, 2.05) is 24.3 Å². The SMILES string of the molecule is CCCc1oc2ccccc2c1C(C)=O. The molecule has 0 aliphatic heterocycles. The molecular weight excluding hydrogens is 188 g/mol. The first-order chi connectivity index (χ1) is 7.24. The van der Waals surface area contributed by atoms with Gasteiger partial charge in [-0.1, -0.05) is 25.1 Å². The first-order valence-electron chi connectivity index (χ1n) is 5.25. The molecule has 0 aliphatic carbocycles. The molecule has 0 unspecified atom stereocenters. The van der Waals surface area contributed by atoms with Crippen LogP contribution in [-0.2, 0) is 6.42 Å². The molecule has 2 rings (SSSR count). The van der Waals surface area contributed by atoms with Crippen LogP contribution in [0.2, 0.25) is 0 Å².